The Balaban J connectivity index is 1.88. The molecule has 2 saturated heterocycles. The molecule has 24 heavy (non-hydrogen) atoms. The maximum atomic E-state index is 5.68. The van der Waals surface area contributed by atoms with Crippen molar-refractivity contribution in [3.8, 4) is 11.5 Å². The first kappa shape index (κ1) is 17.5. The lowest BCUT2D eigenvalue weighted by atomic mass is 9.85. The van der Waals surface area contributed by atoms with Gasteiger partial charge in [-0.3, -0.25) is 4.90 Å². The molecule has 2 aliphatic rings. The standard InChI is InChI=1S/C19H30N2O3/c1-3-24-17-5-4-16(14-18(17)22-2)19(15-6-12-23-13-7-15)21-10-8-20-9-11-21/h4-5,14-15,19-20H,3,6-13H2,1-2H3/t19-/m0/s1. The van der Waals surface area contributed by atoms with Gasteiger partial charge in [0.15, 0.2) is 11.5 Å². The summed E-state index contributed by atoms with van der Waals surface area (Å²) in [6.07, 6.45) is 2.26. The molecule has 3 rings (SSSR count). The minimum absolute atomic E-state index is 0.431. The average Bonchev–Trinajstić information content (AvgIpc) is 2.65. The molecule has 2 heterocycles. The molecule has 0 spiro atoms. The first-order valence-corrected chi connectivity index (χ1v) is 9.16. The molecule has 0 saturated carbocycles. The maximum absolute atomic E-state index is 5.68. The first-order valence-electron chi connectivity index (χ1n) is 9.16. The molecule has 1 atom stereocenters. The quantitative estimate of drug-likeness (QED) is 0.866. The van der Waals surface area contributed by atoms with Crippen LogP contribution >= 0.6 is 0 Å². The third kappa shape index (κ3) is 4.02. The van der Waals surface area contributed by atoms with Crippen LogP contribution in [-0.4, -0.2) is 58.0 Å². The zero-order chi connectivity index (χ0) is 16.8. The van der Waals surface area contributed by atoms with Gasteiger partial charge in [0.25, 0.3) is 0 Å². The van der Waals surface area contributed by atoms with Crippen LogP contribution in [0.1, 0.15) is 31.4 Å². The van der Waals surface area contributed by atoms with Crippen molar-refractivity contribution < 1.29 is 14.2 Å². The summed E-state index contributed by atoms with van der Waals surface area (Å²) in [5.41, 5.74) is 1.34. The Morgan fingerprint density at radius 2 is 1.96 bits per heavy atom. The maximum Gasteiger partial charge on any atom is 0.161 e. The molecule has 0 aliphatic carbocycles. The van der Waals surface area contributed by atoms with E-state index in [1.807, 2.05) is 6.92 Å². The molecule has 5 nitrogen and oxygen atoms in total. The number of ether oxygens (including phenoxy) is 3. The van der Waals surface area contributed by atoms with Crippen LogP contribution in [0, 0.1) is 5.92 Å². The zero-order valence-corrected chi connectivity index (χ0v) is 14.9. The monoisotopic (exact) mass is 334 g/mol. The van der Waals surface area contributed by atoms with Crippen molar-refractivity contribution in [2.45, 2.75) is 25.8 Å². The summed E-state index contributed by atoms with van der Waals surface area (Å²) in [6, 6.07) is 6.88. The van der Waals surface area contributed by atoms with Crippen LogP contribution in [0.25, 0.3) is 0 Å². The minimum atomic E-state index is 0.431. The van der Waals surface area contributed by atoms with Crippen LogP contribution < -0.4 is 14.8 Å². The molecular weight excluding hydrogens is 304 g/mol. The SMILES string of the molecule is CCOc1ccc([C@H](C2CCOCC2)N2CCNCC2)cc1OC. The van der Waals surface area contributed by atoms with E-state index < -0.39 is 0 Å². The van der Waals surface area contributed by atoms with Crippen LogP contribution in [0.15, 0.2) is 18.2 Å². The second-order valence-electron chi connectivity index (χ2n) is 6.52. The van der Waals surface area contributed by atoms with E-state index in [9.17, 15) is 0 Å². The van der Waals surface area contributed by atoms with E-state index in [0.717, 1.165) is 63.7 Å². The Morgan fingerprint density at radius 1 is 1.21 bits per heavy atom. The van der Waals surface area contributed by atoms with Gasteiger partial charge in [-0.15, -0.1) is 0 Å². The first-order chi connectivity index (χ1) is 11.8. The van der Waals surface area contributed by atoms with E-state index in [1.165, 1.54) is 5.56 Å². The van der Waals surface area contributed by atoms with Crippen LogP contribution in [0.2, 0.25) is 0 Å². The Bertz CT molecular complexity index is 493. The summed E-state index contributed by atoms with van der Waals surface area (Å²) >= 11 is 0. The molecule has 2 aliphatic heterocycles. The molecule has 0 unspecified atom stereocenters. The molecule has 1 aromatic carbocycles. The van der Waals surface area contributed by atoms with Gasteiger partial charge in [-0.05, 0) is 43.4 Å². The Kier molecular flexibility index (Phi) is 6.35. The molecule has 134 valence electrons. The second kappa shape index (κ2) is 8.70. The predicted octanol–water partition coefficient (Wildman–Crippen LogP) is 2.47. The second-order valence-corrected chi connectivity index (χ2v) is 6.52. The number of nitrogens with one attached hydrogen (secondary N) is 1. The van der Waals surface area contributed by atoms with Gasteiger partial charge in [0.05, 0.1) is 13.7 Å². The average molecular weight is 334 g/mol. The largest absolute Gasteiger partial charge is 0.493 e. The fraction of sp³-hybridized carbons (Fsp3) is 0.684. The molecule has 1 N–H and O–H groups in total. The lowest BCUT2D eigenvalue weighted by molar-refractivity contribution is 0.0212. The molecule has 0 amide bonds. The summed E-state index contributed by atoms with van der Waals surface area (Å²) in [7, 11) is 1.72. The van der Waals surface area contributed by atoms with E-state index in [1.54, 1.807) is 7.11 Å². The fourth-order valence-electron chi connectivity index (χ4n) is 3.92. The molecule has 2 fully saturated rings. The van der Waals surface area contributed by atoms with Crippen molar-refractivity contribution in [1.29, 1.82) is 0 Å². The zero-order valence-electron chi connectivity index (χ0n) is 14.9. The van der Waals surface area contributed by atoms with Gasteiger partial charge in [0, 0.05) is 45.4 Å². The van der Waals surface area contributed by atoms with Crippen molar-refractivity contribution in [2.75, 3.05) is 53.1 Å². The minimum Gasteiger partial charge on any atom is -0.493 e. The van der Waals surface area contributed by atoms with Crippen molar-refractivity contribution in [2.24, 2.45) is 5.92 Å². The van der Waals surface area contributed by atoms with E-state index >= 15 is 0 Å². The summed E-state index contributed by atoms with van der Waals surface area (Å²) in [5, 5.41) is 3.46. The number of hydrogen-bond acceptors (Lipinski definition) is 5. The molecule has 0 bridgehead atoms. The normalized spacial score (nSPS) is 21.4. The Morgan fingerprint density at radius 3 is 2.62 bits per heavy atom. The highest BCUT2D eigenvalue weighted by Crippen LogP contribution is 2.39. The third-order valence-corrected chi connectivity index (χ3v) is 5.09. The molecular formula is C19H30N2O3. The predicted molar refractivity (Wildman–Crippen MR) is 94.9 cm³/mol. The topological polar surface area (TPSA) is 43.0 Å². The van der Waals surface area contributed by atoms with Gasteiger partial charge in [-0.25, -0.2) is 0 Å². The molecule has 5 heteroatoms. The highest BCUT2D eigenvalue weighted by Gasteiger charge is 2.31. The number of hydrogen-bond donors (Lipinski definition) is 1. The third-order valence-electron chi connectivity index (χ3n) is 5.09. The van der Waals surface area contributed by atoms with Crippen molar-refractivity contribution in [3.63, 3.8) is 0 Å². The number of nitrogens with zero attached hydrogens (tertiary/aromatic N) is 1. The van der Waals surface area contributed by atoms with Crippen molar-refractivity contribution in [3.05, 3.63) is 23.8 Å². The van der Waals surface area contributed by atoms with Gasteiger partial charge in [0.2, 0.25) is 0 Å². The van der Waals surface area contributed by atoms with Gasteiger partial charge in [-0.2, -0.15) is 0 Å². The molecule has 0 aromatic heterocycles. The van der Waals surface area contributed by atoms with Gasteiger partial charge >= 0.3 is 0 Å². The summed E-state index contributed by atoms with van der Waals surface area (Å²) < 4.78 is 16.9. The number of methoxy groups -OCH3 is 1. The highest BCUT2D eigenvalue weighted by atomic mass is 16.5. The number of benzene rings is 1. The smallest absolute Gasteiger partial charge is 0.161 e. The lowest BCUT2D eigenvalue weighted by Crippen LogP contribution is -2.47. The van der Waals surface area contributed by atoms with Gasteiger partial charge < -0.3 is 19.5 Å². The molecule has 1 aromatic rings. The van der Waals surface area contributed by atoms with Gasteiger partial charge in [-0.1, -0.05) is 6.07 Å². The summed E-state index contributed by atoms with van der Waals surface area (Å²) in [4.78, 5) is 2.63. The highest BCUT2D eigenvalue weighted by molar-refractivity contribution is 5.44. The van der Waals surface area contributed by atoms with E-state index in [2.05, 4.69) is 28.4 Å². The summed E-state index contributed by atoms with van der Waals surface area (Å²) in [5.74, 6) is 2.30. The number of rotatable bonds is 6. The van der Waals surface area contributed by atoms with E-state index in [4.69, 9.17) is 14.2 Å². The van der Waals surface area contributed by atoms with Crippen LogP contribution in [0.5, 0.6) is 11.5 Å². The Hall–Kier alpha value is -1.30. The van der Waals surface area contributed by atoms with Gasteiger partial charge in [0.1, 0.15) is 0 Å². The van der Waals surface area contributed by atoms with Crippen LogP contribution in [0.4, 0.5) is 0 Å². The van der Waals surface area contributed by atoms with E-state index in [0.29, 0.717) is 18.6 Å². The van der Waals surface area contributed by atoms with Crippen molar-refractivity contribution >= 4 is 0 Å². The number of piperazine rings is 1. The lowest BCUT2D eigenvalue weighted by Gasteiger charge is -2.41. The summed E-state index contributed by atoms with van der Waals surface area (Å²) in [6.45, 7) is 8.72. The van der Waals surface area contributed by atoms with E-state index in [-0.39, 0.29) is 0 Å². The van der Waals surface area contributed by atoms with Crippen molar-refractivity contribution in [1.82, 2.24) is 10.2 Å². The molecule has 0 radical (unpaired) electrons. The van der Waals surface area contributed by atoms with Crippen LogP contribution in [0.3, 0.4) is 0 Å². The van der Waals surface area contributed by atoms with Crippen LogP contribution in [-0.2, 0) is 4.74 Å². The fourth-order valence-corrected chi connectivity index (χ4v) is 3.92. The Labute approximate surface area is 145 Å².